The Morgan fingerprint density at radius 3 is 2.13 bits per heavy atom. The standard InChI is InChI=1S/C21H40N.ClH/c1-5-9-12-15-21-20(14-11-7-3)17-19(13-10-6-2)18-22(21)16-8-4;/h17-18,20-21H,5-16H2,1-4H3;1H/q+1;/p-1/t20-,21+;/m0./s1. The zero-order valence-corrected chi connectivity index (χ0v) is 16.9. The van der Waals surface area contributed by atoms with Crippen molar-refractivity contribution in [2.24, 2.45) is 5.92 Å². The molecule has 0 aromatic rings. The number of rotatable bonds is 12. The molecule has 0 spiro atoms. The molecule has 0 saturated carbocycles. The zero-order valence-electron chi connectivity index (χ0n) is 16.1. The molecule has 1 nitrogen and oxygen atoms in total. The van der Waals surface area contributed by atoms with Crippen LogP contribution in [0.4, 0.5) is 0 Å². The van der Waals surface area contributed by atoms with Crippen molar-refractivity contribution in [3.05, 3.63) is 11.6 Å². The van der Waals surface area contributed by atoms with Gasteiger partial charge in [0.15, 0.2) is 12.3 Å². The smallest absolute Gasteiger partial charge is 0.166 e. The highest BCUT2D eigenvalue weighted by atomic mass is 35.5. The van der Waals surface area contributed by atoms with Crippen molar-refractivity contribution < 1.29 is 17.0 Å². The van der Waals surface area contributed by atoms with Crippen LogP contribution in [-0.4, -0.2) is 23.4 Å². The zero-order chi connectivity index (χ0) is 16.2. The molecule has 136 valence electrons. The topological polar surface area (TPSA) is 3.01 Å². The normalized spacial score (nSPS) is 20.7. The van der Waals surface area contributed by atoms with Gasteiger partial charge in [-0.1, -0.05) is 65.9 Å². The molecule has 0 bridgehead atoms. The van der Waals surface area contributed by atoms with E-state index in [4.69, 9.17) is 0 Å². The fraction of sp³-hybridized carbons (Fsp3) is 0.857. The number of unbranched alkanes of at least 4 members (excludes halogenated alkanes) is 4. The van der Waals surface area contributed by atoms with E-state index in [9.17, 15) is 0 Å². The van der Waals surface area contributed by atoms with Crippen molar-refractivity contribution in [1.29, 1.82) is 0 Å². The van der Waals surface area contributed by atoms with E-state index in [1.54, 1.807) is 5.57 Å². The predicted molar refractivity (Wildman–Crippen MR) is 100 cm³/mol. The highest BCUT2D eigenvalue weighted by Gasteiger charge is 2.31. The lowest BCUT2D eigenvalue weighted by atomic mass is 9.85. The van der Waals surface area contributed by atoms with E-state index in [0.717, 1.165) is 12.0 Å². The molecule has 0 aromatic heterocycles. The highest BCUT2D eigenvalue weighted by Crippen LogP contribution is 2.27. The van der Waals surface area contributed by atoms with Crippen LogP contribution in [-0.2, 0) is 0 Å². The summed E-state index contributed by atoms with van der Waals surface area (Å²) < 4.78 is 2.71. The monoisotopic (exact) mass is 341 g/mol. The summed E-state index contributed by atoms with van der Waals surface area (Å²) in [5.74, 6) is 0.792. The molecule has 1 heterocycles. The Morgan fingerprint density at radius 1 is 0.826 bits per heavy atom. The molecule has 0 N–H and O–H groups in total. The molecule has 0 aliphatic carbocycles. The van der Waals surface area contributed by atoms with E-state index < -0.39 is 0 Å². The first kappa shape index (κ1) is 22.7. The van der Waals surface area contributed by atoms with Gasteiger partial charge in [-0.2, -0.15) is 0 Å². The van der Waals surface area contributed by atoms with Crippen LogP contribution in [0.2, 0.25) is 0 Å². The van der Waals surface area contributed by atoms with Gasteiger partial charge in [-0.3, -0.25) is 0 Å². The van der Waals surface area contributed by atoms with Crippen LogP contribution >= 0.6 is 0 Å². The SMILES string of the molecule is CCCCC[C@@H]1[C@@H](CCCC)C=C(CCCC)C=[N+]1CCC.[Cl-]. The van der Waals surface area contributed by atoms with Gasteiger partial charge in [0.25, 0.3) is 0 Å². The molecule has 0 amide bonds. The number of halogens is 1. The van der Waals surface area contributed by atoms with E-state index >= 15 is 0 Å². The number of nitrogens with zero attached hydrogens (tertiary/aromatic N) is 1. The average molecular weight is 342 g/mol. The second-order valence-corrected chi connectivity index (χ2v) is 7.08. The third kappa shape index (κ3) is 8.38. The summed E-state index contributed by atoms with van der Waals surface area (Å²) in [6.07, 6.45) is 20.0. The summed E-state index contributed by atoms with van der Waals surface area (Å²) in [5.41, 5.74) is 1.61. The molecule has 0 fully saturated rings. The average Bonchev–Trinajstić information content (AvgIpc) is 2.53. The van der Waals surface area contributed by atoms with E-state index in [0.29, 0.717) is 0 Å². The van der Waals surface area contributed by atoms with Crippen LogP contribution in [0.15, 0.2) is 11.6 Å². The third-order valence-corrected chi connectivity index (χ3v) is 4.98. The van der Waals surface area contributed by atoms with Gasteiger partial charge in [-0.15, -0.1) is 0 Å². The first-order valence-corrected chi connectivity index (χ1v) is 10.1. The van der Waals surface area contributed by atoms with Crippen molar-refractivity contribution in [2.75, 3.05) is 6.54 Å². The summed E-state index contributed by atoms with van der Waals surface area (Å²) >= 11 is 0. The van der Waals surface area contributed by atoms with Gasteiger partial charge in [0, 0.05) is 24.3 Å². The molecule has 23 heavy (non-hydrogen) atoms. The fourth-order valence-corrected chi connectivity index (χ4v) is 3.70. The molecule has 0 unspecified atom stereocenters. The maximum Gasteiger partial charge on any atom is 0.166 e. The number of allylic oxidation sites excluding steroid dienone is 1. The van der Waals surface area contributed by atoms with Crippen molar-refractivity contribution in [1.82, 2.24) is 0 Å². The minimum absolute atomic E-state index is 0. The predicted octanol–water partition coefficient (Wildman–Crippen LogP) is 3.37. The summed E-state index contributed by atoms with van der Waals surface area (Å²) in [7, 11) is 0. The largest absolute Gasteiger partial charge is 1.00 e. The van der Waals surface area contributed by atoms with Crippen LogP contribution in [0, 0.1) is 5.92 Å². The third-order valence-electron chi connectivity index (χ3n) is 4.98. The van der Waals surface area contributed by atoms with Gasteiger partial charge in [-0.25, -0.2) is 4.58 Å². The molecule has 0 radical (unpaired) electrons. The Balaban J connectivity index is 0.00000484. The Morgan fingerprint density at radius 2 is 1.52 bits per heavy atom. The molecule has 0 saturated heterocycles. The van der Waals surface area contributed by atoms with E-state index in [2.05, 4.69) is 44.6 Å². The second kappa shape index (κ2) is 14.1. The van der Waals surface area contributed by atoms with Crippen LogP contribution in [0.3, 0.4) is 0 Å². The van der Waals surface area contributed by atoms with E-state index in [-0.39, 0.29) is 12.4 Å². The van der Waals surface area contributed by atoms with Gasteiger partial charge in [0.2, 0.25) is 0 Å². The van der Waals surface area contributed by atoms with Gasteiger partial charge in [-0.05, 0) is 25.7 Å². The summed E-state index contributed by atoms with van der Waals surface area (Å²) in [5, 5.41) is 0. The molecule has 1 aliphatic rings. The first-order chi connectivity index (χ1) is 10.8. The Bertz CT molecular complexity index is 346. The Kier molecular flexibility index (Phi) is 13.9. The number of hydrogen-bond donors (Lipinski definition) is 0. The summed E-state index contributed by atoms with van der Waals surface area (Å²) in [6, 6.07) is 0.767. The lowest BCUT2D eigenvalue weighted by molar-refractivity contribution is -0.571. The maximum atomic E-state index is 2.71. The van der Waals surface area contributed by atoms with Crippen molar-refractivity contribution in [3.8, 4) is 0 Å². The summed E-state index contributed by atoms with van der Waals surface area (Å²) in [6.45, 7) is 10.5. The second-order valence-electron chi connectivity index (χ2n) is 7.08. The minimum atomic E-state index is 0. The fourth-order valence-electron chi connectivity index (χ4n) is 3.70. The molecular formula is C21H40ClN. The van der Waals surface area contributed by atoms with Crippen molar-refractivity contribution >= 4 is 6.21 Å². The van der Waals surface area contributed by atoms with Gasteiger partial charge < -0.3 is 12.4 Å². The van der Waals surface area contributed by atoms with Crippen LogP contribution in [0.5, 0.6) is 0 Å². The molecule has 2 atom stereocenters. The van der Waals surface area contributed by atoms with Crippen LogP contribution in [0.1, 0.15) is 98.3 Å². The lowest BCUT2D eigenvalue weighted by Gasteiger charge is -2.27. The van der Waals surface area contributed by atoms with Crippen molar-refractivity contribution in [3.63, 3.8) is 0 Å². The lowest BCUT2D eigenvalue weighted by Crippen LogP contribution is -3.00. The summed E-state index contributed by atoms with van der Waals surface area (Å²) in [4.78, 5) is 0. The van der Waals surface area contributed by atoms with Gasteiger partial charge >= 0.3 is 0 Å². The number of hydrogen-bond acceptors (Lipinski definition) is 0. The molecular weight excluding hydrogens is 302 g/mol. The van der Waals surface area contributed by atoms with E-state index in [1.807, 2.05) is 0 Å². The van der Waals surface area contributed by atoms with Crippen molar-refractivity contribution in [2.45, 2.75) is 104 Å². The highest BCUT2D eigenvalue weighted by molar-refractivity contribution is 5.75. The van der Waals surface area contributed by atoms with Gasteiger partial charge in [0.05, 0.1) is 0 Å². The molecule has 1 rings (SSSR count). The molecule has 1 aliphatic heterocycles. The van der Waals surface area contributed by atoms with Crippen LogP contribution in [0.25, 0.3) is 0 Å². The quantitative estimate of drug-likeness (QED) is 0.378. The Labute approximate surface area is 152 Å². The minimum Gasteiger partial charge on any atom is -1.00 e. The first-order valence-electron chi connectivity index (χ1n) is 10.1. The Hall–Kier alpha value is -0.300. The van der Waals surface area contributed by atoms with Crippen LogP contribution < -0.4 is 12.4 Å². The van der Waals surface area contributed by atoms with Gasteiger partial charge in [0.1, 0.15) is 6.54 Å². The maximum absolute atomic E-state index is 2.71. The van der Waals surface area contributed by atoms with E-state index in [1.165, 1.54) is 77.2 Å². The molecule has 0 aromatic carbocycles. The molecule has 2 heteroatoms.